The molecule has 152 valence electrons. The van der Waals surface area contributed by atoms with Gasteiger partial charge in [-0.2, -0.15) is 0 Å². The van der Waals surface area contributed by atoms with Crippen LogP contribution in [-0.4, -0.2) is 26.8 Å². The number of furan rings is 2. The zero-order valence-electron chi connectivity index (χ0n) is 15.3. The van der Waals surface area contributed by atoms with Crippen molar-refractivity contribution in [2.75, 3.05) is 11.1 Å². The second kappa shape index (κ2) is 9.34. The van der Waals surface area contributed by atoms with E-state index < -0.39 is 0 Å². The zero-order valence-corrected chi connectivity index (χ0v) is 17.7. The predicted octanol–water partition coefficient (Wildman–Crippen LogP) is 5.82. The second-order valence-electron chi connectivity index (χ2n) is 6.02. The topological polar surface area (TPSA) is 94.0 Å². The molecule has 3 aromatic heterocycles. The Morgan fingerprint density at radius 1 is 1.00 bits per heavy atom. The molecule has 0 saturated heterocycles. The lowest BCUT2D eigenvalue weighted by molar-refractivity contribution is -0.115. The number of carbonyl (C=O) groups excluding carboxylic acids is 1. The maximum absolute atomic E-state index is 12.2. The van der Waals surface area contributed by atoms with Crippen LogP contribution in [-0.2, 0) is 4.79 Å². The third kappa shape index (κ3) is 4.84. The third-order valence-electron chi connectivity index (χ3n) is 3.94. The van der Waals surface area contributed by atoms with Gasteiger partial charge in [0, 0.05) is 17.2 Å². The quantitative estimate of drug-likeness (QED) is 0.347. The van der Waals surface area contributed by atoms with Gasteiger partial charge in [0.2, 0.25) is 11.1 Å². The van der Waals surface area contributed by atoms with E-state index in [1.807, 2.05) is 0 Å². The first kappa shape index (κ1) is 20.5. The summed E-state index contributed by atoms with van der Waals surface area (Å²) in [6.07, 6.45) is 3.34. The molecule has 3 heterocycles. The van der Waals surface area contributed by atoms with Crippen molar-refractivity contribution >= 4 is 46.6 Å². The molecule has 1 N–H and O–H groups in total. The monoisotopic (exact) mass is 460 g/mol. The maximum Gasteiger partial charge on any atom is 0.225 e. The number of nitrogens with one attached hydrogen (secondary N) is 1. The number of carbonyl (C=O) groups is 1. The number of aromatic nitrogens is 3. The van der Waals surface area contributed by atoms with Crippen molar-refractivity contribution in [1.82, 2.24) is 15.2 Å². The van der Waals surface area contributed by atoms with Gasteiger partial charge in [0.05, 0.1) is 23.2 Å². The van der Waals surface area contributed by atoms with Gasteiger partial charge >= 0.3 is 0 Å². The molecule has 0 unspecified atom stereocenters. The Balaban J connectivity index is 1.43. The summed E-state index contributed by atoms with van der Waals surface area (Å²) < 4.78 is 10.9. The average Bonchev–Trinajstić information content (AvgIpc) is 3.45. The first-order valence-electron chi connectivity index (χ1n) is 8.80. The van der Waals surface area contributed by atoms with Crippen molar-refractivity contribution in [1.29, 1.82) is 0 Å². The van der Waals surface area contributed by atoms with Crippen LogP contribution < -0.4 is 5.32 Å². The summed E-state index contributed by atoms with van der Waals surface area (Å²) in [5.74, 6) is 1.34. The van der Waals surface area contributed by atoms with E-state index >= 15 is 0 Å². The normalized spacial score (nSPS) is 10.9. The fourth-order valence-corrected chi connectivity index (χ4v) is 3.64. The maximum atomic E-state index is 12.2. The van der Waals surface area contributed by atoms with Crippen molar-refractivity contribution in [3.8, 4) is 22.9 Å². The SMILES string of the molecule is O=C(CCSc1nnc(-c2ccco2)c(-c2ccco2)n1)Nc1cc(Cl)ccc1Cl. The molecule has 10 heteroatoms. The van der Waals surface area contributed by atoms with Gasteiger partial charge in [-0.25, -0.2) is 4.98 Å². The highest BCUT2D eigenvalue weighted by atomic mass is 35.5. The molecular formula is C20H14Cl2N4O3S. The minimum absolute atomic E-state index is 0.196. The number of anilines is 1. The first-order valence-corrected chi connectivity index (χ1v) is 10.5. The summed E-state index contributed by atoms with van der Waals surface area (Å²) in [6.45, 7) is 0. The minimum atomic E-state index is -0.196. The highest BCUT2D eigenvalue weighted by molar-refractivity contribution is 7.99. The molecule has 7 nitrogen and oxygen atoms in total. The van der Waals surface area contributed by atoms with Crippen LogP contribution in [0.15, 0.2) is 69.0 Å². The summed E-state index contributed by atoms with van der Waals surface area (Å²) in [6, 6.07) is 12.0. The lowest BCUT2D eigenvalue weighted by Crippen LogP contribution is -2.12. The molecule has 0 fully saturated rings. The Morgan fingerprint density at radius 3 is 2.43 bits per heavy atom. The van der Waals surface area contributed by atoms with Crippen molar-refractivity contribution in [2.45, 2.75) is 11.6 Å². The smallest absolute Gasteiger partial charge is 0.225 e. The molecule has 30 heavy (non-hydrogen) atoms. The lowest BCUT2D eigenvalue weighted by atomic mass is 10.2. The highest BCUT2D eigenvalue weighted by Crippen LogP contribution is 2.30. The predicted molar refractivity (Wildman–Crippen MR) is 116 cm³/mol. The third-order valence-corrected chi connectivity index (χ3v) is 5.34. The van der Waals surface area contributed by atoms with Crippen LogP contribution in [0.1, 0.15) is 6.42 Å². The number of hydrogen-bond donors (Lipinski definition) is 1. The van der Waals surface area contributed by atoms with E-state index in [-0.39, 0.29) is 12.3 Å². The van der Waals surface area contributed by atoms with Crippen LogP contribution in [0, 0.1) is 0 Å². The molecule has 4 rings (SSSR count). The van der Waals surface area contributed by atoms with Crippen LogP contribution in [0.4, 0.5) is 5.69 Å². The number of halogens is 2. The van der Waals surface area contributed by atoms with Gasteiger partial charge in [0.25, 0.3) is 0 Å². The van der Waals surface area contributed by atoms with Crippen molar-refractivity contribution in [3.05, 3.63) is 65.0 Å². The number of benzene rings is 1. The summed E-state index contributed by atoms with van der Waals surface area (Å²) in [7, 11) is 0. The van der Waals surface area contributed by atoms with Crippen LogP contribution in [0.5, 0.6) is 0 Å². The number of thioether (sulfide) groups is 1. The fourth-order valence-electron chi connectivity index (χ4n) is 2.58. The van der Waals surface area contributed by atoms with E-state index in [1.54, 1.807) is 55.0 Å². The summed E-state index contributed by atoms with van der Waals surface area (Å²) in [5.41, 5.74) is 1.47. The molecular weight excluding hydrogens is 447 g/mol. The second-order valence-corrected chi connectivity index (χ2v) is 7.92. The summed E-state index contributed by atoms with van der Waals surface area (Å²) >= 11 is 13.3. The lowest BCUT2D eigenvalue weighted by Gasteiger charge is -2.08. The van der Waals surface area contributed by atoms with Gasteiger partial charge in [-0.1, -0.05) is 35.0 Å². The van der Waals surface area contributed by atoms with E-state index in [0.717, 1.165) is 0 Å². The Kier molecular flexibility index (Phi) is 6.37. The van der Waals surface area contributed by atoms with E-state index in [9.17, 15) is 4.79 Å². The van der Waals surface area contributed by atoms with Gasteiger partial charge in [-0.3, -0.25) is 4.79 Å². The van der Waals surface area contributed by atoms with Crippen molar-refractivity contribution < 1.29 is 13.6 Å². The van der Waals surface area contributed by atoms with Gasteiger partial charge in [0.1, 0.15) is 5.69 Å². The van der Waals surface area contributed by atoms with Crippen LogP contribution in [0.25, 0.3) is 22.9 Å². The molecule has 0 saturated carbocycles. The number of amides is 1. The van der Waals surface area contributed by atoms with Crippen LogP contribution in [0.2, 0.25) is 10.0 Å². The largest absolute Gasteiger partial charge is 0.463 e. The molecule has 0 radical (unpaired) electrons. The molecule has 0 spiro atoms. The number of nitrogens with zero attached hydrogens (tertiary/aromatic N) is 3. The molecule has 0 aliphatic carbocycles. The van der Waals surface area contributed by atoms with Crippen LogP contribution >= 0.6 is 35.0 Å². The molecule has 0 aliphatic rings. The highest BCUT2D eigenvalue weighted by Gasteiger charge is 2.18. The summed E-state index contributed by atoms with van der Waals surface area (Å²) in [4.78, 5) is 16.8. The van der Waals surface area contributed by atoms with Gasteiger partial charge in [-0.05, 0) is 42.5 Å². The molecule has 1 aromatic carbocycles. The van der Waals surface area contributed by atoms with Crippen molar-refractivity contribution in [3.63, 3.8) is 0 Å². The number of rotatable bonds is 7. The van der Waals surface area contributed by atoms with E-state index in [0.29, 0.717) is 49.6 Å². The number of hydrogen-bond acceptors (Lipinski definition) is 7. The Hall–Kier alpha value is -2.81. The van der Waals surface area contributed by atoms with Crippen LogP contribution in [0.3, 0.4) is 0 Å². The molecule has 0 aliphatic heterocycles. The molecule has 4 aromatic rings. The van der Waals surface area contributed by atoms with E-state index in [4.69, 9.17) is 32.0 Å². The molecule has 0 atom stereocenters. The standard InChI is InChI=1S/C20H14Cl2N4O3S/c21-12-5-6-13(22)14(11-12)23-17(27)7-10-30-20-24-18(15-3-1-8-28-15)19(25-26-20)16-4-2-9-29-16/h1-6,8-9,11H,7,10H2,(H,23,27). The van der Waals surface area contributed by atoms with Gasteiger partial charge < -0.3 is 14.2 Å². The first-order chi connectivity index (χ1) is 14.6. The molecule has 1 amide bonds. The minimum Gasteiger partial charge on any atom is -0.463 e. The average molecular weight is 461 g/mol. The summed E-state index contributed by atoms with van der Waals surface area (Å²) in [5, 5.41) is 12.5. The fraction of sp³-hybridized carbons (Fsp3) is 0.100. The van der Waals surface area contributed by atoms with Gasteiger partial charge in [-0.15, -0.1) is 10.2 Å². The Morgan fingerprint density at radius 2 is 1.73 bits per heavy atom. The Bertz CT molecular complexity index is 1150. The Labute approximate surface area is 185 Å². The van der Waals surface area contributed by atoms with Gasteiger partial charge in [0.15, 0.2) is 17.2 Å². The van der Waals surface area contributed by atoms with E-state index in [2.05, 4.69) is 20.5 Å². The van der Waals surface area contributed by atoms with Crippen molar-refractivity contribution in [2.24, 2.45) is 0 Å². The van der Waals surface area contributed by atoms with E-state index in [1.165, 1.54) is 11.8 Å². The molecule has 0 bridgehead atoms. The zero-order chi connectivity index (χ0) is 20.9.